The van der Waals surface area contributed by atoms with Crippen molar-refractivity contribution in [2.75, 3.05) is 0 Å². The molecule has 182 valence electrons. The normalized spacial score (nSPS) is 13.3. The predicted octanol–water partition coefficient (Wildman–Crippen LogP) is 9.96. The number of hydrogen-bond donors (Lipinski definition) is 1. The fraction of sp³-hybridized carbons (Fsp3) is 0.0286. The molecule has 0 radical (unpaired) electrons. The Labute approximate surface area is 238 Å². The SMILES string of the molecule is OC1(c2ccccc2-c2ccc3ccccc3c2)c2cc(Br)ccc2-c2ccccc2-c2ccc(Br)cc21. The molecule has 38 heavy (non-hydrogen) atoms. The average Bonchev–Trinajstić information content (AvgIpc) is 3.04. The summed E-state index contributed by atoms with van der Waals surface area (Å²) in [4.78, 5) is 0. The van der Waals surface area contributed by atoms with Crippen molar-refractivity contribution < 1.29 is 5.11 Å². The molecule has 6 aromatic carbocycles. The van der Waals surface area contributed by atoms with Crippen LogP contribution in [-0.2, 0) is 5.60 Å². The van der Waals surface area contributed by atoms with Crippen LogP contribution < -0.4 is 0 Å². The molecule has 6 aromatic rings. The van der Waals surface area contributed by atoms with Gasteiger partial charge in [-0.25, -0.2) is 0 Å². The minimum Gasteiger partial charge on any atom is -0.376 e. The molecule has 0 amide bonds. The van der Waals surface area contributed by atoms with Crippen LogP contribution in [-0.4, -0.2) is 5.11 Å². The second-order valence-electron chi connectivity index (χ2n) is 9.74. The number of fused-ring (bicyclic) bond motifs is 6. The molecule has 1 nitrogen and oxygen atoms in total. The topological polar surface area (TPSA) is 20.2 Å². The monoisotopic (exact) mass is 616 g/mol. The first-order valence-corrected chi connectivity index (χ1v) is 14.1. The fourth-order valence-corrected chi connectivity index (χ4v) is 6.62. The third-order valence-electron chi connectivity index (χ3n) is 7.63. The average molecular weight is 618 g/mol. The molecule has 0 fully saturated rings. The molecule has 0 saturated carbocycles. The summed E-state index contributed by atoms with van der Waals surface area (Å²) < 4.78 is 1.85. The standard InChI is InChI=1S/C35H22Br2O/c36-25-15-17-30-28-10-3-4-11-29(28)31-18-16-26(37)21-34(31)35(38,33(30)20-25)32-12-6-5-9-27(32)24-14-13-22-7-1-2-8-23(22)19-24/h1-21,38H. The van der Waals surface area contributed by atoms with Crippen LogP contribution in [0.4, 0.5) is 0 Å². The van der Waals surface area contributed by atoms with Crippen molar-refractivity contribution in [3.63, 3.8) is 0 Å². The van der Waals surface area contributed by atoms with Crippen LogP contribution in [0.1, 0.15) is 16.7 Å². The number of hydrogen-bond acceptors (Lipinski definition) is 1. The van der Waals surface area contributed by atoms with Crippen LogP contribution in [0, 0.1) is 0 Å². The van der Waals surface area contributed by atoms with E-state index < -0.39 is 5.60 Å². The molecular weight excluding hydrogens is 596 g/mol. The highest BCUT2D eigenvalue weighted by molar-refractivity contribution is 9.10. The van der Waals surface area contributed by atoms with Gasteiger partial charge in [0.1, 0.15) is 5.60 Å². The van der Waals surface area contributed by atoms with Gasteiger partial charge in [0.05, 0.1) is 0 Å². The van der Waals surface area contributed by atoms with Gasteiger partial charge in [-0.3, -0.25) is 0 Å². The van der Waals surface area contributed by atoms with Crippen molar-refractivity contribution in [2.45, 2.75) is 5.60 Å². The summed E-state index contributed by atoms with van der Waals surface area (Å²) in [6, 6.07) is 44.1. The zero-order chi connectivity index (χ0) is 25.9. The van der Waals surface area contributed by atoms with Gasteiger partial charge in [0, 0.05) is 25.6 Å². The smallest absolute Gasteiger partial charge is 0.142 e. The van der Waals surface area contributed by atoms with Crippen molar-refractivity contribution in [3.8, 4) is 33.4 Å². The second kappa shape index (κ2) is 9.06. The van der Waals surface area contributed by atoms with Crippen molar-refractivity contribution >= 4 is 42.6 Å². The maximum absolute atomic E-state index is 13.3. The second-order valence-corrected chi connectivity index (χ2v) is 11.6. The van der Waals surface area contributed by atoms with Crippen LogP contribution in [0.5, 0.6) is 0 Å². The summed E-state index contributed by atoms with van der Waals surface area (Å²) in [6.07, 6.45) is 0. The molecule has 0 spiro atoms. The van der Waals surface area contributed by atoms with Gasteiger partial charge < -0.3 is 5.11 Å². The molecule has 0 aliphatic heterocycles. The number of rotatable bonds is 2. The lowest BCUT2D eigenvalue weighted by Crippen LogP contribution is -2.30. The maximum Gasteiger partial charge on any atom is 0.142 e. The molecule has 1 aliphatic rings. The Hall–Kier alpha value is -3.50. The van der Waals surface area contributed by atoms with Crippen LogP contribution in [0.25, 0.3) is 44.2 Å². The zero-order valence-corrected chi connectivity index (χ0v) is 23.5. The van der Waals surface area contributed by atoms with Gasteiger partial charge in [0.2, 0.25) is 0 Å². The Morgan fingerprint density at radius 3 is 1.58 bits per heavy atom. The van der Waals surface area contributed by atoms with E-state index in [2.05, 4.69) is 147 Å². The molecule has 0 atom stereocenters. The van der Waals surface area contributed by atoms with Crippen LogP contribution in [0.15, 0.2) is 136 Å². The number of aliphatic hydroxyl groups is 1. The lowest BCUT2D eigenvalue weighted by atomic mass is 9.75. The van der Waals surface area contributed by atoms with Gasteiger partial charge in [0.25, 0.3) is 0 Å². The molecule has 0 saturated heterocycles. The lowest BCUT2D eigenvalue weighted by Gasteiger charge is -2.34. The summed E-state index contributed by atoms with van der Waals surface area (Å²) in [5.41, 5.74) is 7.47. The van der Waals surface area contributed by atoms with E-state index in [1.807, 2.05) is 12.1 Å². The van der Waals surface area contributed by atoms with Gasteiger partial charge in [0.15, 0.2) is 0 Å². The lowest BCUT2D eigenvalue weighted by molar-refractivity contribution is 0.127. The van der Waals surface area contributed by atoms with Gasteiger partial charge >= 0.3 is 0 Å². The summed E-state index contributed by atoms with van der Waals surface area (Å²) in [5.74, 6) is 0. The third-order valence-corrected chi connectivity index (χ3v) is 8.61. The van der Waals surface area contributed by atoms with Crippen molar-refractivity contribution in [1.82, 2.24) is 0 Å². The number of halogens is 2. The molecule has 1 N–H and O–H groups in total. The highest BCUT2D eigenvalue weighted by Gasteiger charge is 2.42. The van der Waals surface area contributed by atoms with E-state index in [4.69, 9.17) is 0 Å². The van der Waals surface area contributed by atoms with Gasteiger partial charge in [-0.2, -0.15) is 0 Å². The molecular formula is C35H22Br2O. The minimum atomic E-state index is -1.42. The molecule has 1 aliphatic carbocycles. The first-order valence-electron chi connectivity index (χ1n) is 12.5. The fourth-order valence-electron chi connectivity index (χ4n) is 5.90. The summed E-state index contributed by atoms with van der Waals surface area (Å²) in [5, 5.41) is 15.6. The molecule has 0 unspecified atom stereocenters. The Bertz CT molecular complexity index is 1800. The largest absolute Gasteiger partial charge is 0.376 e. The van der Waals surface area contributed by atoms with E-state index in [9.17, 15) is 5.11 Å². The minimum absolute atomic E-state index is 0.849. The molecule has 0 bridgehead atoms. The van der Waals surface area contributed by atoms with E-state index in [0.29, 0.717) is 0 Å². The summed E-state index contributed by atoms with van der Waals surface area (Å²) in [7, 11) is 0. The maximum atomic E-state index is 13.3. The van der Waals surface area contributed by atoms with Gasteiger partial charge in [-0.1, -0.05) is 129 Å². The molecule has 3 heteroatoms. The van der Waals surface area contributed by atoms with Crippen molar-refractivity contribution in [1.29, 1.82) is 0 Å². The zero-order valence-electron chi connectivity index (χ0n) is 20.3. The summed E-state index contributed by atoms with van der Waals surface area (Å²) in [6.45, 7) is 0. The Morgan fingerprint density at radius 1 is 0.421 bits per heavy atom. The van der Waals surface area contributed by atoms with Crippen molar-refractivity contribution in [2.24, 2.45) is 0 Å². The number of benzene rings is 6. The molecule has 7 rings (SSSR count). The Morgan fingerprint density at radius 2 is 0.947 bits per heavy atom. The van der Waals surface area contributed by atoms with Gasteiger partial charge in [-0.15, -0.1) is 0 Å². The van der Waals surface area contributed by atoms with E-state index in [-0.39, 0.29) is 0 Å². The summed E-state index contributed by atoms with van der Waals surface area (Å²) >= 11 is 7.41. The quantitative estimate of drug-likeness (QED) is 0.205. The van der Waals surface area contributed by atoms with Crippen LogP contribution >= 0.6 is 31.9 Å². The van der Waals surface area contributed by atoms with Crippen LogP contribution in [0.2, 0.25) is 0 Å². The Kier molecular flexibility index (Phi) is 5.63. The van der Waals surface area contributed by atoms with E-state index >= 15 is 0 Å². The first kappa shape index (κ1) is 23.6. The van der Waals surface area contributed by atoms with Crippen LogP contribution in [0.3, 0.4) is 0 Å². The Balaban J connectivity index is 1.61. The molecule has 0 heterocycles. The van der Waals surface area contributed by atoms with E-state index in [0.717, 1.165) is 59.0 Å². The third kappa shape index (κ3) is 3.61. The highest BCUT2D eigenvalue weighted by Crippen LogP contribution is 2.53. The predicted molar refractivity (Wildman–Crippen MR) is 164 cm³/mol. The van der Waals surface area contributed by atoms with Gasteiger partial charge in [-0.05, 0) is 74.5 Å². The van der Waals surface area contributed by atoms with Crippen molar-refractivity contribution in [3.05, 3.63) is 153 Å². The van der Waals surface area contributed by atoms with E-state index in [1.165, 1.54) is 10.8 Å². The van der Waals surface area contributed by atoms with E-state index in [1.54, 1.807) is 0 Å². The highest BCUT2D eigenvalue weighted by atomic mass is 79.9. The molecule has 0 aromatic heterocycles. The first-order chi connectivity index (χ1) is 18.5.